The molecule has 126 valence electrons. The van der Waals surface area contributed by atoms with Crippen LogP contribution in [0.1, 0.15) is 30.0 Å². The Bertz CT molecular complexity index is 845. The standard InChI is InChI=1S/C24H25N/c1-4-10-24(23-14-9-8-11-20(23)3)25(21-12-6-5-7-13-21)22-17-15-19(2)16-18-22/h5-18H,4H2,1-3H3/b24-10+. The van der Waals surface area contributed by atoms with Gasteiger partial charge < -0.3 is 4.90 Å². The van der Waals surface area contributed by atoms with Crippen molar-refractivity contribution in [3.63, 3.8) is 0 Å². The second-order valence-electron chi connectivity index (χ2n) is 6.32. The van der Waals surface area contributed by atoms with Gasteiger partial charge in [-0.3, -0.25) is 0 Å². The van der Waals surface area contributed by atoms with Crippen molar-refractivity contribution in [3.05, 3.63) is 102 Å². The fourth-order valence-corrected chi connectivity index (χ4v) is 3.07. The van der Waals surface area contributed by atoms with Crippen molar-refractivity contribution in [3.8, 4) is 0 Å². The lowest BCUT2D eigenvalue weighted by Crippen LogP contribution is -2.16. The number of hydrogen-bond donors (Lipinski definition) is 0. The van der Waals surface area contributed by atoms with Gasteiger partial charge in [0.2, 0.25) is 0 Å². The number of nitrogens with zero attached hydrogens (tertiary/aromatic N) is 1. The first-order valence-electron chi connectivity index (χ1n) is 8.88. The predicted octanol–water partition coefficient (Wildman–Crippen LogP) is 6.89. The summed E-state index contributed by atoms with van der Waals surface area (Å²) in [6, 6.07) is 27.9. The lowest BCUT2D eigenvalue weighted by atomic mass is 10.0. The van der Waals surface area contributed by atoms with Crippen LogP contribution in [0.25, 0.3) is 5.70 Å². The summed E-state index contributed by atoms with van der Waals surface area (Å²) in [5.41, 5.74) is 7.42. The van der Waals surface area contributed by atoms with Crippen LogP contribution in [-0.2, 0) is 0 Å². The third kappa shape index (κ3) is 3.83. The monoisotopic (exact) mass is 327 g/mol. The molecule has 1 nitrogen and oxygen atoms in total. The smallest absolute Gasteiger partial charge is 0.0496 e. The zero-order valence-corrected chi connectivity index (χ0v) is 15.2. The molecule has 0 N–H and O–H groups in total. The molecule has 0 radical (unpaired) electrons. The summed E-state index contributed by atoms with van der Waals surface area (Å²) < 4.78 is 0. The maximum atomic E-state index is 2.35. The number of benzene rings is 3. The molecule has 0 aliphatic heterocycles. The molecule has 0 bridgehead atoms. The van der Waals surface area contributed by atoms with E-state index in [2.05, 4.69) is 111 Å². The minimum atomic E-state index is 0.985. The van der Waals surface area contributed by atoms with E-state index >= 15 is 0 Å². The Morgan fingerprint density at radius 1 is 0.760 bits per heavy atom. The Balaban J connectivity index is 2.20. The normalized spacial score (nSPS) is 11.4. The van der Waals surface area contributed by atoms with E-state index in [9.17, 15) is 0 Å². The average molecular weight is 327 g/mol. The summed E-state index contributed by atoms with van der Waals surface area (Å²) in [4.78, 5) is 2.35. The highest BCUT2D eigenvalue weighted by molar-refractivity contribution is 5.88. The van der Waals surface area contributed by atoms with Gasteiger partial charge in [-0.25, -0.2) is 0 Å². The van der Waals surface area contributed by atoms with Gasteiger partial charge in [-0.2, -0.15) is 0 Å². The van der Waals surface area contributed by atoms with Crippen LogP contribution in [0.5, 0.6) is 0 Å². The molecule has 0 spiro atoms. The highest BCUT2D eigenvalue weighted by Gasteiger charge is 2.17. The molecule has 0 aliphatic rings. The number of para-hydroxylation sites is 1. The van der Waals surface area contributed by atoms with Gasteiger partial charge in [-0.05, 0) is 50.1 Å². The molecule has 0 heterocycles. The number of hydrogen-bond acceptors (Lipinski definition) is 1. The molecule has 0 amide bonds. The predicted molar refractivity (Wildman–Crippen MR) is 109 cm³/mol. The Labute approximate surface area is 151 Å². The van der Waals surface area contributed by atoms with Crippen molar-refractivity contribution in [1.82, 2.24) is 0 Å². The van der Waals surface area contributed by atoms with E-state index < -0.39 is 0 Å². The molecule has 0 unspecified atom stereocenters. The maximum Gasteiger partial charge on any atom is 0.0496 e. The van der Waals surface area contributed by atoms with Crippen molar-refractivity contribution in [1.29, 1.82) is 0 Å². The van der Waals surface area contributed by atoms with Crippen LogP contribution in [0.2, 0.25) is 0 Å². The van der Waals surface area contributed by atoms with Gasteiger partial charge in [0.05, 0.1) is 0 Å². The quantitative estimate of drug-likeness (QED) is 0.493. The van der Waals surface area contributed by atoms with E-state index in [4.69, 9.17) is 0 Å². The fourth-order valence-electron chi connectivity index (χ4n) is 3.07. The van der Waals surface area contributed by atoms with Gasteiger partial charge in [-0.15, -0.1) is 0 Å². The van der Waals surface area contributed by atoms with Crippen LogP contribution in [0.15, 0.2) is 84.9 Å². The molecule has 0 saturated carbocycles. The third-order valence-corrected chi connectivity index (χ3v) is 4.37. The second kappa shape index (κ2) is 7.85. The number of rotatable bonds is 5. The lowest BCUT2D eigenvalue weighted by Gasteiger charge is -2.29. The van der Waals surface area contributed by atoms with Gasteiger partial charge in [0.25, 0.3) is 0 Å². The first kappa shape index (κ1) is 17.0. The molecule has 0 aliphatic carbocycles. The topological polar surface area (TPSA) is 3.24 Å². The first-order chi connectivity index (χ1) is 12.2. The lowest BCUT2D eigenvalue weighted by molar-refractivity contribution is 1.18. The summed E-state index contributed by atoms with van der Waals surface area (Å²) >= 11 is 0. The summed E-state index contributed by atoms with van der Waals surface area (Å²) in [5.74, 6) is 0. The van der Waals surface area contributed by atoms with Gasteiger partial charge in [0, 0.05) is 22.6 Å². The highest BCUT2D eigenvalue weighted by Crippen LogP contribution is 2.35. The van der Waals surface area contributed by atoms with E-state index in [-0.39, 0.29) is 0 Å². The molecule has 3 rings (SSSR count). The largest absolute Gasteiger partial charge is 0.310 e. The summed E-state index contributed by atoms with van der Waals surface area (Å²) in [6.45, 7) is 6.49. The van der Waals surface area contributed by atoms with Crippen LogP contribution < -0.4 is 4.90 Å². The second-order valence-corrected chi connectivity index (χ2v) is 6.32. The average Bonchev–Trinajstić information content (AvgIpc) is 2.64. The van der Waals surface area contributed by atoms with Crippen molar-refractivity contribution in [2.75, 3.05) is 4.90 Å². The Hall–Kier alpha value is -2.80. The number of anilines is 2. The van der Waals surface area contributed by atoms with Crippen LogP contribution >= 0.6 is 0 Å². The molecular weight excluding hydrogens is 302 g/mol. The van der Waals surface area contributed by atoms with Gasteiger partial charge in [0.1, 0.15) is 0 Å². The Kier molecular flexibility index (Phi) is 5.35. The highest BCUT2D eigenvalue weighted by atomic mass is 15.1. The SMILES string of the molecule is CC/C=C(\c1ccccc1C)N(c1ccccc1)c1ccc(C)cc1. The minimum absolute atomic E-state index is 0.985. The number of allylic oxidation sites excluding steroid dienone is 1. The molecule has 25 heavy (non-hydrogen) atoms. The summed E-state index contributed by atoms with van der Waals surface area (Å²) in [7, 11) is 0. The van der Waals surface area contributed by atoms with E-state index in [1.54, 1.807) is 0 Å². The summed E-state index contributed by atoms with van der Waals surface area (Å²) in [5, 5.41) is 0. The number of aryl methyl sites for hydroxylation is 2. The molecule has 3 aromatic carbocycles. The zero-order valence-electron chi connectivity index (χ0n) is 15.2. The molecular formula is C24H25N. The Morgan fingerprint density at radius 2 is 1.36 bits per heavy atom. The molecule has 0 aromatic heterocycles. The van der Waals surface area contributed by atoms with E-state index in [1.165, 1.54) is 33.8 Å². The van der Waals surface area contributed by atoms with E-state index in [0.717, 1.165) is 6.42 Å². The van der Waals surface area contributed by atoms with Crippen LogP contribution in [0.3, 0.4) is 0 Å². The third-order valence-electron chi connectivity index (χ3n) is 4.37. The van der Waals surface area contributed by atoms with Crippen molar-refractivity contribution < 1.29 is 0 Å². The van der Waals surface area contributed by atoms with Crippen molar-refractivity contribution in [2.45, 2.75) is 27.2 Å². The molecule has 1 heteroatoms. The fraction of sp³-hybridized carbons (Fsp3) is 0.167. The molecule has 0 atom stereocenters. The van der Waals surface area contributed by atoms with Gasteiger partial charge >= 0.3 is 0 Å². The van der Waals surface area contributed by atoms with Crippen LogP contribution in [0, 0.1) is 13.8 Å². The Morgan fingerprint density at radius 3 is 2.00 bits per heavy atom. The zero-order chi connectivity index (χ0) is 17.6. The molecule has 0 fully saturated rings. The van der Waals surface area contributed by atoms with Crippen molar-refractivity contribution in [2.24, 2.45) is 0 Å². The minimum Gasteiger partial charge on any atom is -0.310 e. The maximum absolute atomic E-state index is 2.35. The van der Waals surface area contributed by atoms with Crippen LogP contribution in [0.4, 0.5) is 11.4 Å². The van der Waals surface area contributed by atoms with Gasteiger partial charge in [0.15, 0.2) is 0 Å². The first-order valence-corrected chi connectivity index (χ1v) is 8.88. The summed E-state index contributed by atoms with van der Waals surface area (Å²) in [6.07, 6.45) is 3.30. The van der Waals surface area contributed by atoms with Crippen LogP contribution in [-0.4, -0.2) is 0 Å². The molecule has 3 aromatic rings. The van der Waals surface area contributed by atoms with E-state index in [0.29, 0.717) is 0 Å². The van der Waals surface area contributed by atoms with Crippen molar-refractivity contribution >= 4 is 17.1 Å². The molecule has 0 saturated heterocycles. The van der Waals surface area contributed by atoms with E-state index in [1.807, 2.05) is 0 Å². The van der Waals surface area contributed by atoms with Gasteiger partial charge in [-0.1, -0.05) is 73.2 Å².